The highest BCUT2D eigenvalue weighted by Crippen LogP contribution is 2.66. The summed E-state index contributed by atoms with van der Waals surface area (Å²) in [5, 5.41) is 9.89. The van der Waals surface area contributed by atoms with Gasteiger partial charge in [0.25, 0.3) is 5.78 Å². The van der Waals surface area contributed by atoms with Crippen LogP contribution in [0.1, 0.15) is 56.6 Å². The molecule has 2 aliphatic rings. The predicted octanol–water partition coefficient (Wildman–Crippen LogP) is 4.90. The quantitative estimate of drug-likeness (QED) is 0.515. The molecule has 0 amide bonds. The first-order chi connectivity index (χ1) is 13.3. The molecule has 2 atom stereocenters. The van der Waals surface area contributed by atoms with Crippen molar-refractivity contribution in [2.75, 3.05) is 0 Å². The molecule has 0 radical (unpaired) electrons. The minimum Gasteiger partial charge on any atom is -0.358 e. The van der Waals surface area contributed by atoms with Crippen LogP contribution in [0.2, 0.25) is 0 Å². The van der Waals surface area contributed by atoms with E-state index in [-0.39, 0.29) is 16.6 Å². The maximum atomic E-state index is 13.9. The molecule has 1 fully saturated rings. The van der Waals surface area contributed by atoms with Gasteiger partial charge in [0.2, 0.25) is 0 Å². The first-order valence-electron chi connectivity index (χ1n) is 9.85. The molecular weight excluding hydrogens is 353 g/mol. The number of aryl methyl sites for hydroxylation is 1. The zero-order valence-electron chi connectivity index (χ0n) is 16.5. The summed E-state index contributed by atoms with van der Waals surface area (Å²) in [6.45, 7) is 9.05. The van der Waals surface area contributed by atoms with Gasteiger partial charge < -0.3 is 4.98 Å². The van der Waals surface area contributed by atoms with Crippen LogP contribution in [-0.2, 0) is 5.41 Å². The SMILES string of the molecule is Cc1[nH]c2ccc(F)cc2c1-c1cn2c3c(nnc2n1)[C@@H]1CC[C@@]3(C)C1(C)C. The Morgan fingerprint density at radius 2 is 2.04 bits per heavy atom. The number of aromatic nitrogens is 5. The standard InChI is InChI=1S/C22H22FN5/c1-11-17(13-9-12(23)5-6-15(13)24-11)16-10-28-19-18(26-27-20(28)25-16)14-7-8-22(19,4)21(14,2)3/h5-6,9-10,14,24H,7-8H2,1-4H3/t14-,22+/m0/s1. The fourth-order valence-electron chi connectivity index (χ4n) is 5.81. The number of nitrogens with one attached hydrogen (secondary N) is 1. The summed E-state index contributed by atoms with van der Waals surface area (Å²) < 4.78 is 16.0. The van der Waals surface area contributed by atoms with Crippen molar-refractivity contribution < 1.29 is 4.39 Å². The zero-order valence-corrected chi connectivity index (χ0v) is 16.5. The Morgan fingerprint density at radius 1 is 1.21 bits per heavy atom. The van der Waals surface area contributed by atoms with Crippen LogP contribution < -0.4 is 0 Å². The monoisotopic (exact) mass is 375 g/mol. The molecule has 0 saturated heterocycles. The number of fused-ring (bicyclic) bond motifs is 8. The molecule has 0 spiro atoms. The van der Waals surface area contributed by atoms with Crippen molar-refractivity contribution in [1.82, 2.24) is 24.6 Å². The van der Waals surface area contributed by atoms with E-state index in [2.05, 4.69) is 46.6 Å². The predicted molar refractivity (Wildman–Crippen MR) is 106 cm³/mol. The van der Waals surface area contributed by atoms with E-state index in [1.807, 2.05) is 6.92 Å². The zero-order chi connectivity index (χ0) is 19.4. The summed E-state index contributed by atoms with van der Waals surface area (Å²) >= 11 is 0. The van der Waals surface area contributed by atoms with Crippen LogP contribution >= 0.6 is 0 Å². The smallest absolute Gasteiger partial charge is 0.254 e. The van der Waals surface area contributed by atoms with Crippen molar-refractivity contribution in [3.8, 4) is 11.3 Å². The van der Waals surface area contributed by atoms with Gasteiger partial charge in [-0.1, -0.05) is 20.8 Å². The third-order valence-corrected chi connectivity index (χ3v) is 7.70. The number of rotatable bonds is 1. The number of imidazole rings is 1. The molecule has 6 heteroatoms. The van der Waals surface area contributed by atoms with Crippen LogP contribution in [0.25, 0.3) is 27.9 Å². The molecule has 3 aromatic heterocycles. The maximum Gasteiger partial charge on any atom is 0.254 e. The summed E-state index contributed by atoms with van der Waals surface area (Å²) in [4.78, 5) is 8.13. The van der Waals surface area contributed by atoms with Crippen LogP contribution in [0.15, 0.2) is 24.4 Å². The Labute approximate surface area is 162 Å². The van der Waals surface area contributed by atoms with Crippen molar-refractivity contribution in [1.29, 1.82) is 0 Å². The topological polar surface area (TPSA) is 58.9 Å². The van der Waals surface area contributed by atoms with E-state index in [9.17, 15) is 4.39 Å². The molecular formula is C22H22FN5. The number of hydrogen-bond donors (Lipinski definition) is 1. The maximum absolute atomic E-state index is 13.9. The Morgan fingerprint density at radius 3 is 2.86 bits per heavy atom. The van der Waals surface area contributed by atoms with Crippen LogP contribution in [0.4, 0.5) is 4.39 Å². The highest BCUT2D eigenvalue weighted by Gasteiger charge is 2.61. The van der Waals surface area contributed by atoms with E-state index in [1.54, 1.807) is 12.1 Å². The van der Waals surface area contributed by atoms with Gasteiger partial charge in [-0.15, -0.1) is 10.2 Å². The molecule has 1 N–H and O–H groups in total. The molecule has 28 heavy (non-hydrogen) atoms. The van der Waals surface area contributed by atoms with Crippen LogP contribution in [-0.4, -0.2) is 24.6 Å². The molecule has 4 aromatic rings. The highest BCUT2D eigenvalue weighted by molar-refractivity contribution is 5.96. The largest absolute Gasteiger partial charge is 0.358 e. The Kier molecular flexibility index (Phi) is 2.78. The van der Waals surface area contributed by atoms with Gasteiger partial charge in [-0.2, -0.15) is 0 Å². The van der Waals surface area contributed by atoms with E-state index < -0.39 is 0 Å². The van der Waals surface area contributed by atoms with Gasteiger partial charge >= 0.3 is 0 Å². The molecule has 0 unspecified atom stereocenters. The minimum absolute atomic E-state index is 0.0561. The lowest BCUT2D eigenvalue weighted by molar-refractivity contribution is 0.225. The van der Waals surface area contributed by atoms with E-state index in [1.165, 1.54) is 18.2 Å². The Balaban J connectivity index is 1.64. The number of nitrogens with zero attached hydrogens (tertiary/aromatic N) is 4. The highest BCUT2D eigenvalue weighted by atomic mass is 19.1. The lowest BCUT2D eigenvalue weighted by Crippen LogP contribution is -2.32. The van der Waals surface area contributed by atoms with E-state index in [0.29, 0.717) is 11.7 Å². The first-order valence-corrected chi connectivity index (χ1v) is 9.85. The molecule has 3 heterocycles. The van der Waals surface area contributed by atoms with Gasteiger partial charge in [-0.3, -0.25) is 4.40 Å². The Bertz CT molecular complexity index is 1300. The lowest BCUT2D eigenvalue weighted by Gasteiger charge is -2.34. The third kappa shape index (κ3) is 1.70. The normalized spacial score (nSPS) is 25.1. The summed E-state index contributed by atoms with van der Waals surface area (Å²) in [6, 6.07) is 4.82. The molecule has 5 nitrogen and oxygen atoms in total. The lowest BCUT2D eigenvalue weighted by atomic mass is 9.70. The average molecular weight is 375 g/mol. The molecule has 0 aliphatic heterocycles. The van der Waals surface area contributed by atoms with Gasteiger partial charge in [0.1, 0.15) is 5.82 Å². The van der Waals surface area contributed by atoms with Gasteiger partial charge in [-0.05, 0) is 43.4 Å². The summed E-state index contributed by atoms with van der Waals surface area (Å²) in [5.74, 6) is 0.811. The second-order valence-electron chi connectivity index (χ2n) is 9.19. The molecule has 2 bridgehead atoms. The van der Waals surface area contributed by atoms with E-state index >= 15 is 0 Å². The van der Waals surface area contributed by atoms with Crippen molar-refractivity contribution >= 4 is 16.7 Å². The average Bonchev–Trinajstić information content (AvgIpc) is 3.30. The van der Waals surface area contributed by atoms with Gasteiger partial charge in [0.05, 0.1) is 17.1 Å². The van der Waals surface area contributed by atoms with Crippen LogP contribution in [0, 0.1) is 18.2 Å². The summed E-state index contributed by atoms with van der Waals surface area (Å²) in [5.41, 5.74) is 6.21. The summed E-state index contributed by atoms with van der Waals surface area (Å²) in [7, 11) is 0. The minimum atomic E-state index is -0.247. The number of halogens is 1. The van der Waals surface area contributed by atoms with E-state index in [4.69, 9.17) is 4.98 Å². The number of benzene rings is 1. The Hall–Kier alpha value is -2.76. The van der Waals surface area contributed by atoms with Gasteiger partial charge in [0, 0.05) is 39.7 Å². The van der Waals surface area contributed by atoms with Crippen LogP contribution in [0.5, 0.6) is 0 Å². The van der Waals surface area contributed by atoms with Crippen molar-refractivity contribution in [3.63, 3.8) is 0 Å². The van der Waals surface area contributed by atoms with E-state index in [0.717, 1.165) is 40.0 Å². The fourth-order valence-corrected chi connectivity index (χ4v) is 5.81. The molecule has 1 saturated carbocycles. The molecule has 6 rings (SSSR count). The van der Waals surface area contributed by atoms with Gasteiger partial charge in [-0.25, -0.2) is 9.37 Å². The van der Waals surface area contributed by atoms with Crippen molar-refractivity contribution in [2.24, 2.45) is 5.41 Å². The molecule has 142 valence electrons. The second-order valence-corrected chi connectivity index (χ2v) is 9.19. The fraction of sp³-hybridized carbons (Fsp3) is 0.409. The van der Waals surface area contributed by atoms with Gasteiger partial charge in [0.15, 0.2) is 0 Å². The third-order valence-electron chi connectivity index (χ3n) is 7.70. The van der Waals surface area contributed by atoms with Crippen molar-refractivity contribution in [2.45, 2.75) is 51.9 Å². The first kappa shape index (κ1) is 16.2. The number of hydrogen-bond acceptors (Lipinski definition) is 3. The summed E-state index contributed by atoms with van der Waals surface area (Å²) in [6.07, 6.45) is 4.38. The van der Waals surface area contributed by atoms with Crippen LogP contribution in [0.3, 0.4) is 0 Å². The molecule has 2 aliphatic carbocycles. The van der Waals surface area contributed by atoms with Crippen molar-refractivity contribution in [3.05, 3.63) is 47.3 Å². The second kappa shape index (κ2) is 4.80. The number of H-pyrrole nitrogens is 1. The molecule has 1 aromatic carbocycles. The number of aromatic amines is 1.